The Hall–Kier alpha value is -3.13. The zero-order valence-corrected chi connectivity index (χ0v) is 15.2. The summed E-state index contributed by atoms with van der Waals surface area (Å²) in [5, 5.41) is 15.6. The highest BCUT2D eigenvalue weighted by Gasteiger charge is 2.06. The van der Waals surface area contributed by atoms with E-state index in [1.807, 2.05) is 24.3 Å². The van der Waals surface area contributed by atoms with Crippen molar-refractivity contribution in [2.75, 3.05) is 17.7 Å². The lowest BCUT2D eigenvalue weighted by molar-refractivity contribution is -0.114. The second-order valence-corrected chi connectivity index (χ2v) is 6.41. The number of hydrogen-bond acceptors (Lipinski definition) is 7. The van der Waals surface area contributed by atoms with Crippen molar-refractivity contribution in [2.45, 2.75) is 13.5 Å². The highest BCUT2D eigenvalue weighted by Crippen LogP contribution is 2.24. The molecule has 0 saturated carbocycles. The lowest BCUT2D eigenvalue weighted by Gasteiger charge is -2.05. The minimum Gasteiger partial charge on any atom is -0.497 e. The molecule has 0 bridgehead atoms. The van der Waals surface area contributed by atoms with Gasteiger partial charge in [-0.15, -0.1) is 10.2 Å². The second kappa shape index (κ2) is 8.30. The number of carbonyl (C=O) groups is 1. The molecule has 0 unspecified atom stereocenters. The van der Waals surface area contributed by atoms with Crippen LogP contribution in [0, 0.1) is 0 Å². The fourth-order valence-electron chi connectivity index (χ4n) is 2.14. The topological polar surface area (TPSA) is 85.4 Å². The molecule has 134 valence electrons. The Balaban J connectivity index is 1.53. The normalized spacial score (nSPS) is 10.2. The molecule has 0 spiro atoms. The molecule has 3 rings (SSSR count). The Kier molecular flexibility index (Phi) is 5.65. The van der Waals surface area contributed by atoms with Gasteiger partial charge in [-0.25, -0.2) is 0 Å². The summed E-state index contributed by atoms with van der Waals surface area (Å²) >= 11 is 1.42. The maximum absolute atomic E-state index is 11.0. The van der Waals surface area contributed by atoms with Gasteiger partial charge < -0.3 is 20.1 Å². The first kappa shape index (κ1) is 17.7. The van der Waals surface area contributed by atoms with Crippen molar-refractivity contribution in [1.29, 1.82) is 0 Å². The molecule has 0 aliphatic rings. The highest BCUT2D eigenvalue weighted by atomic mass is 32.1. The van der Waals surface area contributed by atoms with Gasteiger partial charge in [0, 0.05) is 18.3 Å². The molecule has 7 nitrogen and oxygen atoms in total. The van der Waals surface area contributed by atoms with Crippen LogP contribution in [0.5, 0.6) is 11.5 Å². The molecule has 26 heavy (non-hydrogen) atoms. The quantitative estimate of drug-likeness (QED) is 0.657. The molecule has 2 N–H and O–H groups in total. The minimum atomic E-state index is -0.107. The third-order valence-electron chi connectivity index (χ3n) is 3.35. The molecule has 0 fully saturated rings. The SMILES string of the molecule is COc1ccc(Nc2nnc(COc3ccc(NC(C)=O)cc3)s2)cc1. The van der Waals surface area contributed by atoms with Gasteiger partial charge in [0.2, 0.25) is 11.0 Å². The van der Waals surface area contributed by atoms with Crippen molar-refractivity contribution in [3.63, 3.8) is 0 Å². The van der Waals surface area contributed by atoms with Crippen LogP contribution in [-0.4, -0.2) is 23.2 Å². The van der Waals surface area contributed by atoms with Crippen LogP contribution in [0.25, 0.3) is 0 Å². The summed E-state index contributed by atoms with van der Waals surface area (Å²) in [6.45, 7) is 1.79. The standard InChI is InChI=1S/C18H18N4O3S/c1-12(23)19-13-5-9-16(10-6-13)25-11-17-21-22-18(26-17)20-14-3-7-15(24-2)8-4-14/h3-10H,11H2,1-2H3,(H,19,23)(H,20,22). The summed E-state index contributed by atoms with van der Waals surface area (Å²) in [5.74, 6) is 1.38. The van der Waals surface area contributed by atoms with Crippen LogP contribution in [0.15, 0.2) is 48.5 Å². The van der Waals surface area contributed by atoms with Crippen LogP contribution in [0.3, 0.4) is 0 Å². The molecule has 2 aromatic carbocycles. The number of carbonyl (C=O) groups excluding carboxylic acids is 1. The summed E-state index contributed by atoms with van der Waals surface area (Å²) in [4.78, 5) is 11.0. The van der Waals surface area contributed by atoms with Crippen molar-refractivity contribution in [1.82, 2.24) is 10.2 Å². The van der Waals surface area contributed by atoms with E-state index in [0.717, 1.165) is 22.1 Å². The van der Waals surface area contributed by atoms with Crippen molar-refractivity contribution < 1.29 is 14.3 Å². The van der Waals surface area contributed by atoms with Crippen molar-refractivity contribution in [3.05, 3.63) is 53.5 Å². The van der Waals surface area contributed by atoms with Crippen LogP contribution >= 0.6 is 11.3 Å². The number of amides is 1. The molecule has 3 aromatic rings. The molecule has 0 aliphatic heterocycles. The lowest BCUT2D eigenvalue weighted by Crippen LogP contribution is -2.05. The van der Waals surface area contributed by atoms with E-state index in [9.17, 15) is 4.79 Å². The number of nitrogens with one attached hydrogen (secondary N) is 2. The first-order valence-corrected chi connectivity index (χ1v) is 8.68. The number of nitrogens with zero attached hydrogens (tertiary/aromatic N) is 2. The smallest absolute Gasteiger partial charge is 0.221 e. The number of rotatable bonds is 7. The Bertz CT molecular complexity index is 863. The molecular formula is C18H18N4O3S. The number of aromatic nitrogens is 2. The Morgan fingerprint density at radius 3 is 2.31 bits per heavy atom. The van der Waals surface area contributed by atoms with Crippen LogP contribution < -0.4 is 20.1 Å². The molecule has 1 heterocycles. The van der Waals surface area contributed by atoms with Gasteiger partial charge in [-0.2, -0.15) is 0 Å². The molecule has 0 saturated heterocycles. The summed E-state index contributed by atoms with van der Waals surface area (Å²) in [6, 6.07) is 14.7. The molecule has 0 atom stereocenters. The maximum atomic E-state index is 11.0. The number of methoxy groups -OCH3 is 1. The van der Waals surface area contributed by atoms with Crippen molar-refractivity contribution in [3.8, 4) is 11.5 Å². The largest absolute Gasteiger partial charge is 0.497 e. The van der Waals surface area contributed by atoms with Gasteiger partial charge in [0.1, 0.15) is 18.1 Å². The zero-order chi connectivity index (χ0) is 18.4. The number of benzene rings is 2. The average molecular weight is 370 g/mol. The predicted octanol–water partition coefficient (Wildman–Crippen LogP) is 3.83. The number of anilines is 3. The van der Waals surface area contributed by atoms with E-state index in [0.29, 0.717) is 17.5 Å². The molecule has 8 heteroatoms. The molecule has 0 aliphatic carbocycles. The van der Waals surface area contributed by atoms with E-state index in [4.69, 9.17) is 9.47 Å². The highest BCUT2D eigenvalue weighted by molar-refractivity contribution is 7.15. The van der Waals surface area contributed by atoms with Crippen molar-refractivity contribution in [2.24, 2.45) is 0 Å². The van der Waals surface area contributed by atoms with Gasteiger partial charge in [-0.05, 0) is 48.5 Å². The monoisotopic (exact) mass is 370 g/mol. The summed E-state index contributed by atoms with van der Waals surface area (Å²) in [7, 11) is 1.63. The first-order chi connectivity index (χ1) is 12.6. The minimum absolute atomic E-state index is 0.107. The fraction of sp³-hybridized carbons (Fsp3) is 0.167. The van der Waals surface area contributed by atoms with E-state index in [-0.39, 0.29) is 5.91 Å². The fourth-order valence-corrected chi connectivity index (χ4v) is 2.82. The van der Waals surface area contributed by atoms with Gasteiger partial charge >= 0.3 is 0 Å². The first-order valence-electron chi connectivity index (χ1n) is 7.86. The molecule has 0 radical (unpaired) electrons. The van der Waals surface area contributed by atoms with Crippen LogP contribution in [0.1, 0.15) is 11.9 Å². The van der Waals surface area contributed by atoms with Crippen molar-refractivity contribution >= 4 is 33.8 Å². The van der Waals surface area contributed by atoms with Crippen LogP contribution in [0.4, 0.5) is 16.5 Å². The third kappa shape index (κ3) is 4.93. The second-order valence-electron chi connectivity index (χ2n) is 5.35. The van der Waals surface area contributed by atoms with Gasteiger partial charge in [-0.3, -0.25) is 4.79 Å². The molecule has 1 aromatic heterocycles. The molecule has 1 amide bonds. The average Bonchev–Trinajstić information content (AvgIpc) is 3.09. The van der Waals surface area contributed by atoms with E-state index in [1.54, 1.807) is 31.4 Å². The van der Waals surface area contributed by atoms with E-state index in [2.05, 4.69) is 20.8 Å². The Morgan fingerprint density at radius 1 is 1.00 bits per heavy atom. The van der Waals surface area contributed by atoms with Crippen LogP contribution in [-0.2, 0) is 11.4 Å². The van der Waals surface area contributed by atoms with Crippen LogP contribution in [0.2, 0.25) is 0 Å². The number of hydrogen-bond donors (Lipinski definition) is 2. The maximum Gasteiger partial charge on any atom is 0.221 e. The third-order valence-corrected chi connectivity index (χ3v) is 4.16. The summed E-state index contributed by atoms with van der Waals surface area (Å²) in [5.41, 5.74) is 1.63. The Morgan fingerprint density at radius 2 is 1.65 bits per heavy atom. The number of ether oxygens (including phenoxy) is 2. The van der Waals surface area contributed by atoms with E-state index >= 15 is 0 Å². The predicted molar refractivity (Wildman–Crippen MR) is 101 cm³/mol. The van der Waals surface area contributed by atoms with Gasteiger partial charge in [0.25, 0.3) is 0 Å². The zero-order valence-electron chi connectivity index (χ0n) is 14.4. The van der Waals surface area contributed by atoms with E-state index < -0.39 is 0 Å². The van der Waals surface area contributed by atoms with E-state index in [1.165, 1.54) is 18.3 Å². The van der Waals surface area contributed by atoms with Gasteiger partial charge in [0.05, 0.1) is 7.11 Å². The Labute approximate surface area is 155 Å². The summed E-state index contributed by atoms with van der Waals surface area (Å²) < 4.78 is 10.8. The summed E-state index contributed by atoms with van der Waals surface area (Å²) in [6.07, 6.45) is 0. The van der Waals surface area contributed by atoms with Gasteiger partial charge in [-0.1, -0.05) is 11.3 Å². The molecular weight excluding hydrogens is 352 g/mol. The van der Waals surface area contributed by atoms with Gasteiger partial charge in [0.15, 0.2) is 5.01 Å². The lowest BCUT2D eigenvalue weighted by atomic mass is 10.3.